The first-order valence-electron chi connectivity index (χ1n) is 7.71. The highest BCUT2D eigenvalue weighted by Gasteiger charge is 2.07. The summed E-state index contributed by atoms with van der Waals surface area (Å²) in [5.74, 6) is 1.19. The Hall–Kier alpha value is -2.56. The summed E-state index contributed by atoms with van der Waals surface area (Å²) in [5, 5.41) is 2.80. The number of nitrogens with zero attached hydrogens (tertiary/aromatic N) is 1. The van der Waals surface area contributed by atoms with Gasteiger partial charge in [-0.05, 0) is 62.6 Å². The molecule has 3 N–H and O–H groups in total. The molecule has 0 radical (unpaired) electrons. The molecule has 0 atom stereocenters. The zero-order valence-electron chi connectivity index (χ0n) is 13.8. The highest BCUT2D eigenvalue weighted by atomic mass is 16.5. The monoisotopic (exact) mass is 313 g/mol. The number of nitrogens with two attached hydrogens (primary N) is 1. The van der Waals surface area contributed by atoms with Crippen molar-refractivity contribution < 1.29 is 9.53 Å². The van der Waals surface area contributed by atoms with Gasteiger partial charge in [0, 0.05) is 12.6 Å². The summed E-state index contributed by atoms with van der Waals surface area (Å²) >= 11 is 0. The molecule has 2 rings (SSSR count). The summed E-state index contributed by atoms with van der Waals surface area (Å²) in [6.45, 7) is 5.87. The Bertz CT molecular complexity index is 684. The predicted molar refractivity (Wildman–Crippen MR) is 92.5 cm³/mol. The van der Waals surface area contributed by atoms with Crippen molar-refractivity contribution in [1.82, 2.24) is 4.98 Å². The number of benzene rings is 1. The molecule has 2 aromatic rings. The second-order valence-corrected chi connectivity index (χ2v) is 5.81. The molecule has 5 nitrogen and oxygen atoms in total. The van der Waals surface area contributed by atoms with E-state index in [2.05, 4.69) is 10.3 Å². The second kappa shape index (κ2) is 7.63. The summed E-state index contributed by atoms with van der Waals surface area (Å²) in [6.07, 6.45) is 2.75. The number of amides is 1. The Morgan fingerprint density at radius 3 is 2.74 bits per heavy atom. The van der Waals surface area contributed by atoms with Crippen LogP contribution in [0.25, 0.3) is 0 Å². The average Bonchev–Trinajstić information content (AvgIpc) is 2.47. The number of anilines is 2. The van der Waals surface area contributed by atoms with E-state index in [0.29, 0.717) is 30.1 Å². The lowest BCUT2D eigenvalue weighted by Gasteiger charge is -2.13. The van der Waals surface area contributed by atoms with E-state index in [1.807, 2.05) is 51.1 Å². The van der Waals surface area contributed by atoms with Crippen molar-refractivity contribution in [3.8, 4) is 5.75 Å². The van der Waals surface area contributed by atoms with E-state index in [9.17, 15) is 4.79 Å². The highest BCUT2D eigenvalue weighted by molar-refractivity contribution is 5.89. The standard InChI is InChI=1S/C18H23N3O2/c1-12(2)23-16-6-4-14(11-15(16)19)5-7-18(22)21-17-10-13(3)8-9-20-17/h4,6,8-12H,5,7,19H2,1-3H3,(H,20,21,22). The van der Waals surface area contributed by atoms with Crippen LogP contribution in [-0.2, 0) is 11.2 Å². The minimum absolute atomic E-state index is 0.0656. The molecule has 1 aromatic carbocycles. The number of nitrogen functional groups attached to an aromatic ring is 1. The van der Waals surface area contributed by atoms with Gasteiger partial charge in [-0.15, -0.1) is 0 Å². The average molecular weight is 313 g/mol. The van der Waals surface area contributed by atoms with Gasteiger partial charge in [0.25, 0.3) is 0 Å². The molecule has 0 saturated heterocycles. The van der Waals surface area contributed by atoms with Crippen molar-refractivity contribution in [2.24, 2.45) is 0 Å². The Morgan fingerprint density at radius 2 is 2.09 bits per heavy atom. The van der Waals surface area contributed by atoms with Crippen LogP contribution in [0.1, 0.15) is 31.4 Å². The zero-order chi connectivity index (χ0) is 16.8. The van der Waals surface area contributed by atoms with Gasteiger partial charge in [0.15, 0.2) is 0 Å². The summed E-state index contributed by atoms with van der Waals surface area (Å²) in [5.41, 5.74) is 8.64. The maximum atomic E-state index is 12.0. The Morgan fingerprint density at radius 1 is 1.30 bits per heavy atom. The number of hydrogen-bond donors (Lipinski definition) is 2. The minimum atomic E-state index is -0.0656. The van der Waals surface area contributed by atoms with Crippen LogP contribution in [0.5, 0.6) is 5.75 Å². The third-order valence-corrected chi connectivity index (χ3v) is 3.26. The fraction of sp³-hybridized carbons (Fsp3) is 0.333. The lowest BCUT2D eigenvalue weighted by molar-refractivity contribution is -0.116. The number of carbonyl (C=O) groups is 1. The van der Waals surface area contributed by atoms with Crippen LogP contribution >= 0.6 is 0 Å². The van der Waals surface area contributed by atoms with Crippen LogP contribution in [0.3, 0.4) is 0 Å². The van der Waals surface area contributed by atoms with E-state index in [1.54, 1.807) is 6.20 Å². The van der Waals surface area contributed by atoms with Crippen LogP contribution in [0.4, 0.5) is 11.5 Å². The number of ether oxygens (including phenoxy) is 1. The summed E-state index contributed by atoms with van der Waals surface area (Å²) in [7, 11) is 0. The lowest BCUT2D eigenvalue weighted by atomic mass is 10.1. The molecule has 122 valence electrons. The number of nitrogens with one attached hydrogen (secondary N) is 1. The van der Waals surface area contributed by atoms with Gasteiger partial charge in [0.05, 0.1) is 11.8 Å². The van der Waals surface area contributed by atoms with Crippen molar-refractivity contribution in [3.05, 3.63) is 47.7 Å². The largest absolute Gasteiger partial charge is 0.489 e. The minimum Gasteiger partial charge on any atom is -0.489 e. The van der Waals surface area contributed by atoms with E-state index in [1.165, 1.54) is 0 Å². The number of hydrogen-bond acceptors (Lipinski definition) is 4. The SMILES string of the molecule is Cc1ccnc(NC(=O)CCc2ccc(OC(C)C)c(N)c2)c1. The topological polar surface area (TPSA) is 77.2 Å². The van der Waals surface area contributed by atoms with Gasteiger partial charge in [0.1, 0.15) is 11.6 Å². The number of aryl methyl sites for hydroxylation is 2. The van der Waals surface area contributed by atoms with E-state index in [-0.39, 0.29) is 12.0 Å². The van der Waals surface area contributed by atoms with Crippen LogP contribution in [0.15, 0.2) is 36.5 Å². The Kier molecular flexibility index (Phi) is 5.57. The zero-order valence-corrected chi connectivity index (χ0v) is 13.8. The van der Waals surface area contributed by atoms with E-state index < -0.39 is 0 Å². The van der Waals surface area contributed by atoms with Gasteiger partial charge in [0.2, 0.25) is 5.91 Å². The summed E-state index contributed by atoms with van der Waals surface area (Å²) in [6, 6.07) is 9.38. The van der Waals surface area contributed by atoms with Crippen LogP contribution in [-0.4, -0.2) is 17.0 Å². The molecule has 0 fully saturated rings. The normalized spacial score (nSPS) is 10.6. The third kappa shape index (κ3) is 5.29. The van der Waals surface area contributed by atoms with Crippen LogP contribution < -0.4 is 15.8 Å². The third-order valence-electron chi connectivity index (χ3n) is 3.26. The first kappa shape index (κ1) is 16.8. The molecule has 23 heavy (non-hydrogen) atoms. The first-order chi connectivity index (χ1) is 10.9. The maximum Gasteiger partial charge on any atom is 0.225 e. The summed E-state index contributed by atoms with van der Waals surface area (Å²) in [4.78, 5) is 16.1. The molecule has 5 heteroatoms. The maximum absolute atomic E-state index is 12.0. The fourth-order valence-electron chi connectivity index (χ4n) is 2.18. The van der Waals surface area contributed by atoms with Crippen molar-refractivity contribution in [2.45, 2.75) is 39.7 Å². The molecule has 1 amide bonds. The highest BCUT2D eigenvalue weighted by Crippen LogP contribution is 2.24. The molecule has 0 saturated carbocycles. The Labute approximate surface area is 136 Å². The molecule has 0 aliphatic rings. The smallest absolute Gasteiger partial charge is 0.225 e. The molecular weight excluding hydrogens is 290 g/mol. The summed E-state index contributed by atoms with van der Waals surface area (Å²) < 4.78 is 5.60. The van der Waals surface area contributed by atoms with Crippen molar-refractivity contribution in [1.29, 1.82) is 0 Å². The Balaban J connectivity index is 1.90. The van der Waals surface area contributed by atoms with Crippen LogP contribution in [0, 0.1) is 6.92 Å². The fourth-order valence-corrected chi connectivity index (χ4v) is 2.18. The molecular formula is C18H23N3O2. The van der Waals surface area contributed by atoms with Crippen LogP contribution in [0.2, 0.25) is 0 Å². The second-order valence-electron chi connectivity index (χ2n) is 5.81. The van der Waals surface area contributed by atoms with Gasteiger partial charge < -0.3 is 15.8 Å². The molecule has 1 aromatic heterocycles. The van der Waals surface area contributed by atoms with Gasteiger partial charge in [-0.25, -0.2) is 4.98 Å². The molecule has 0 aliphatic carbocycles. The van der Waals surface area contributed by atoms with Gasteiger partial charge >= 0.3 is 0 Å². The number of aromatic nitrogens is 1. The van der Waals surface area contributed by atoms with E-state index in [4.69, 9.17) is 10.5 Å². The molecule has 0 unspecified atom stereocenters. The first-order valence-corrected chi connectivity index (χ1v) is 7.71. The quantitative estimate of drug-likeness (QED) is 0.802. The van der Waals surface area contributed by atoms with E-state index >= 15 is 0 Å². The van der Waals surface area contributed by atoms with E-state index in [0.717, 1.165) is 11.1 Å². The number of pyridine rings is 1. The molecule has 0 bridgehead atoms. The number of rotatable bonds is 6. The predicted octanol–water partition coefficient (Wildman–Crippen LogP) is 3.33. The number of carbonyl (C=O) groups excluding carboxylic acids is 1. The lowest BCUT2D eigenvalue weighted by Crippen LogP contribution is -2.13. The molecule has 0 spiro atoms. The van der Waals surface area contributed by atoms with Crippen molar-refractivity contribution in [2.75, 3.05) is 11.1 Å². The van der Waals surface area contributed by atoms with Crippen molar-refractivity contribution in [3.63, 3.8) is 0 Å². The van der Waals surface area contributed by atoms with Gasteiger partial charge in [-0.3, -0.25) is 4.79 Å². The van der Waals surface area contributed by atoms with Gasteiger partial charge in [-0.1, -0.05) is 6.07 Å². The van der Waals surface area contributed by atoms with Crippen molar-refractivity contribution >= 4 is 17.4 Å². The molecule has 1 heterocycles. The van der Waals surface area contributed by atoms with Gasteiger partial charge in [-0.2, -0.15) is 0 Å². The molecule has 0 aliphatic heterocycles.